The third kappa shape index (κ3) is 4.31. The Bertz CT molecular complexity index is 935. The minimum Gasteiger partial charge on any atom is -0.490 e. The quantitative estimate of drug-likeness (QED) is 0.733. The van der Waals surface area contributed by atoms with Crippen LogP contribution in [0.4, 0.5) is 11.4 Å². The predicted molar refractivity (Wildman–Crippen MR) is 114 cm³/mol. The Kier molecular flexibility index (Phi) is 5.87. The van der Waals surface area contributed by atoms with Crippen molar-refractivity contribution in [1.82, 2.24) is 0 Å². The molecular formula is C21H21ClN2O4S. The van der Waals surface area contributed by atoms with Crippen molar-refractivity contribution in [3.8, 4) is 11.5 Å². The number of nitrogens with zero attached hydrogens (tertiary/aromatic N) is 1. The Morgan fingerprint density at radius 2 is 1.86 bits per heavy atom. The van der Waals surface area contributed by atoms with Crippen molar-refractivity contribution in [2.24, 2.45) is 5.92 Å². The Balaban J connectivity index is 1.46. The van der Waals surface area contributed by atoms with Crippen LogP contribution in [-0.2, 0) is 9.59 Å². The monoisotopic (exact) mass is 432 g/mol. The van der Waals surface area contributed by atoms with Crippen LogP contribution in [0.1, 0.15) is 12.8 Å². The Morgan fingerprint density at radius 1 is 1.17 bits per heavy atom. The molecule has 1 atom stereocenters. The van der Waals surface area contributed by atoms with Gasteiger partial charge in [0, 0.05) is 42.1 Å². The molecule has 0 aliphatic carbocycles. The first-order valence-electron chi connectivity index (χ1n) is 9.39. The van der Waals surface area contributed by atoms with Gasteiger partial charge in [-0.3, -0.25) is 9.59 Å². The summed E-state index contributed by atoms with van der Waals surface area (Å²) in [7, 11) is 0. The highest BCUT2D eigenvalue weighted by Gasteiger charge is 2.35. The fourth-order valence-electron chi connectivity index (χ4n) is 3.41. The number of carbonyl (C=O) groups is 2. The number of halogens is 1. The van der Waals surface area contributed by atoms with Gasteiger partial charge in [-0.25, -0.2) is 0 Å². The number of nitrogens with one attached hydrogen (secondary N) is 1. The van der Waals surface area contributed by atoms with Crippen molar-refractivity contribution < 1.29 is 19.1 Å². The van der Waals surface area contributed by atoms with Crippen molar-refractivity contribution in [2.75, 3.05) is 36.2 Å². The van der Waals surface area contributed by atoms with Gasteiger partial charge in [0.2, 0.25) is 11.8 Å². The molecule has 0 saturated carbocycles. The minimum absolute atomic E-state index is 0.0631. The van der Waals surface area contributed by atoms with E-state index >= 15 is 0 Å². The van der Waals surface area contributed by atoms with E-state index in [1.807, 2.05) is 30.5 Å². The second kappa shape index (κ2) is 8.55. The van der Waals surface area contributed by atoms with E-state index in [9.17, 15) is 9.59 Å². The van der Waals surface area contributed by atoms with Crippen molar-refractivity contribution >= 4 is 46.6 Å². The van der Waals surface area contributed by atoms with E-state index in [0.29, 0.717) is 42.0 Å². The van der Waals surface area contributed by atoms with Crippen LogP contribution in [0, 0.1) is 5.92 Å². The maximum Gasteiger partial charge on any atom is 0.229 e. The highest BCUT2D eigenvalue weighted by Crippen LogP contribution is 2.38. The maximum absolute atomic E-state index is 12.8. The standard InChI is InChI=1S/C21H21ClN2O4S/c1-29-15-5-3-14(4-6-15)24-12-13(9-20(24)25)21(26)23-17-11-19-18(10-16(17)22)27-7-2-8-28-19/h3-6,10-11,13H,2,7-9,12H2,1H3,(H,23,26)/t13-/m0/s1. The predicted octanol–water partition coefficient (Wildman–Crippen LogP) is 4.21. The number of hydrogen-bond acceptors (Lipinski definition) is 5. The zero-order valence-corrected chi connectivity index (χ0v) is 17.5. The largest absolute Gasteiger partial charge is 0.490 e. The Morgan fingerprint density at radius 3 is 2.55 bits per heavy atom. The lowest BCUT2D eigenvalue weighted by Gasteiger charge is -2.17. The first-order valence-corrected chi connectivity index (χ1v) is 11.0. The van der Waals surface area contributed by atoms with Crippen LogP contribution in [0.2, 0.25) is 5.02 Å². The molecule has 0 aromatic heterocycles. The summed E-state index contributed by atoms with van der Waals surface area (Å²) in [5.41, 5.74) is 1.26. The Labute approximate surface area is 178 Å². The van der Waals surface area contributed by atoms with Gasteiger partial charge in [-0.2, -0.15) is 0 Å². The SMILES string of the molecule is CSc1ccc(N2C[C@@H](C(=O)Nc3cc4c(cc3Cl)OCCCO4)CC2=O)cc1. The van der Waals surface area contributed by atoms with Crippen LogP contribution in [0.5, 0.6) is 11.5 Å². The molecule has 0 radical (unpaired) electrons. The molecule has 152 valence electrons. The first-order chi connectivity index (χ1) is 14.0. The van der Waals surface area contributed by atoms with Crippen LogP contribution in [0.25, 0.3) is 0 Å². The molecular weight excluding hydrogens is 412 g/mol. The molecule has 1 fully saturated rings. The minimum atomic E-state index is -0.449. The molecule has 8 heteroatoms. The molecule has 2 aliphatic rings. The third-order valence-corrected chi connectivity index (χ3v) is 6.03. The summed E-state index contributed by atoms with van der Waals surface area (Å²) in [5.74, 6) is 0.376. The third-order valence-electron chi connectivity index (χ3n) is 4.97. The summed E-state index contributed by atoms with van der Waals surface area (Å²) < 4.78 is 11.3. The van der Waals surface area contributed by atoms with Crippen molar-refractivity contribution in [2.45, 2.75) is 17.7 Å². The van der Waals surface area contributed by atoms with Crippen molar-refractivity contribution in [1.29, 1.82) is 0 Å². The zero-order chi connectivity index (χ0) is 20.4. The molecule has 1 saturated heterocycles. The highest BCUT2D eigenvalue weighted by atomic mass is 35.5. The lowest BCUT2D eigenvalue weighted by atomic mass is 10.1. The van der Waals surface area contributed by atoms with E-state index in [1.165, 1.54) is 0 Å². The molecule has 2 aromatic rings. The molecule has 2 heterocycles. The van der Waals surface area contributed by atoms with Crippen molar-refractivity contribution in [3.05, 3.63) is 41.4 Å². The van der Waals surface area contributed by atoms with Gasteiger partial charge in [0.25, 0.3) is 0 Å². The van der Waals surface area contributed by atoms with E-state index in [1.54, 1.807) is 28.8 Å². The molecule has 6 nitrogen and oxygen atoms in total. The van der Waals surface area contributed by atoms with Crippen LogP contribution in [0.15, 0.2) is 41.3 Å². The number of anilines is 2. The number of carbonyl (C=O) groups excluding carboxylic acids is 2. The fourth-order valence-corrected chi connectivity index (χ4v) is 4.02. The molecule has 0 bridgehead atoms. The summed E-state index contributed by atoms with van der Waals surface area (Å²) in [6, 6.07) is 11.1. The Hall–Kier alpha value is -2.38. The van der Waals surface area contributed by atoms with Crippen LogP contribution < -0.4 is 19.7 Å². The number of benzene rings is 2. The molecule has 0 unspecified atom stereocenters. The summed E-state index contributed by atoms with van der Waals surface area (Å²) in [5, 5.41) is 3.22. The molecule has 0 spiro atoms. The van der Waals surface area contributed by atoms with Gasteiger partial charge >= 0.3 is 0 Å². The highest BCUT2D eigenvalue weighted by molar-refractivity contribution is 7.98. The average molecular weight is 433 g/mol. The van der Waals surface area contributed by atoms with E-state index in [2.05, 4.69) is 5.32 Å². The number of amides is 2. The lowest BCUT2D eigenvalue weighted by molar-refractivity contribution is -0.122. The zero-order valence-electron chi connectivity index (χ0n) is 15.9. The molecule has 4 rings (SSSR count). The van der Waals surface area contributed by atoms with E-state index in [0.717, 1.165) is 17.0 Å². The number of ether oxygens (including phenoxy) is 2. The normalized spacial score (nSPS) is 18.5. The average Bonchev–Trinajstić information content (AvgIpc) is 2.97. The first kappa shape index (κ1) is 19.9. The van der Waals surface area contributed by atoms with Crippen molar-refractivity contribution in [3.63, 3.8) is 0 Å². The second-order valence-corrected chi connectivity index (χ2v) is 8.21. The van der Waals surface area contributed by atoms with Gasteiger partial charge in [-0.1, -0.05) is 11.6 Å². The molecule has 2 aromatic carbocycles. The van der Waals surface area contributed by atoms with Gasteiger partial charge in [0.05, 0.1) is 29.8 Å². The van der Waals surface area contributed by atoms with E-state index < -0.39 is 5.92 Å². The second-order valence-electron chi connectivity index (χ2n) is 6.92. The number of hydrogen-bond donors (Lipinski definition) is 1. The van der Waals surface area contributed by atoms with Crippen LogP contribution >= 0.6 is 23.4 Å². The van der Waals surface area contributed by atoms with Gasteiger partial charge in [-0.05, 0) is 30.5 Å². The van der Waals surface area contributed by atoms with Gasteiger partial charge in [0.15, 0.2) is 11.5 Å². The van der Waals surface area contributed by atoms with Gasteiger partial charge < -0.3 is 19.7 Å². The summed E-state index contributed by atoms with van der Waals surface area (Å²) in [6.45, 7) is 1.45. The molecule has 1 N–H and O–H groups in total. The van der Waals surface area contributed by atoms with E-state index in [4.69, 9.17) is 21.1 Å². The molecule has 29 heavy (non-hydrogen) atoms. The topological polar surface area (TPSA) is 67.9 Å². The van der Waals surface area contributed by atoms with E-state index in [-0.39, 0.29) is 18.2 Å². The molecule has 2 amide bonds. The number of thioether (sulfide) groups is 1. The summed E-state index contributed by atoms with van der Waals surface area (Å²) in [4.78, 5) is 28.1. The van der Waals surface area contributed by atoms with Gasteiger partial charge in [-0.15, -0.1) is 11.8 Å². The number of rotatable bonds is 4. The maximum atomic E-state index is 12.8. The fraction of sp³-hybridized carbons (Fsp3) is 0.333. The van der Waals surface area contributed by atoms with Crippen LogP contribution in [0.3, 0.4) is 0 Å². The number of fused-ring (bicyclic) bond motifs is 1. The van der Waals surface area contributed by atoms with Crippen LogP contribution in [-0.4, -0.2) is 37.8 Å². The summed E-state index contributed by atoms with van der Waals surface area (Å²) >= 11 is 7.96. The molecule has 2 aliphatic heterocycles. The lowest BCUT2D eigenvalue weighted by Crippen LogP contribution is -2.28. The summed E-state index contributed by atoms with van der Waals surface area (Å²) in [6.07, 6.45) is 2.95. The van der Waals surface area contributed by atoms with Gasteiger partial charge in [0.1, 0.15) is 0 Å². The smallest absolute Gasteiger partial charge is 0.229 e.